The van der Waals surface area contributed by atoms with Crippen molar-refractivity contribution < 1.29 is 53.8 Å². The molecule has 0 atom stereocenters. The molecule has 2 rings (SSSR count). The summed E-state index contributed by atoms with van der Waals surface area (Å²) in [6, 6.07) is 1.88. The van der Waals surface area contributed by atoms with Gasteiger partial charge in [-0.2, -0.15) is 49.5 Å². The van der Waals surface area contributed by atoms with Crippen molar-refractivity contribution >= 4 is 29.3 Å². The lowest BCUT2D eigenvalue weighted by Crippen LogP contribution is -2.24. The molecule has 2 amide bonds. The fraction of sp³-hybridized carbons (Fsp3) is 0.312. The molecule has 0 fully saturated rings. The zero-order valence-corrected chi connectivity index (χ0v) is 16.4. The van der Waals surface area contributed by atoms with E-state index in [1.807, 2.05) is 5.32 Å². The van der Waals surface area contributed by atoms with Crippen molar-refractivity contribution in [1.82, 2.24) is 9.97 Å². The molecule has 0 saturated carbocycles. The standard InChI is InChI=1S/C16H10ClF9N4O3/c17-9-10(32-5-14(18,19)20)28-12(29-11(9)33-6-15(21,22)23)30-13(31)27-8-3-1-7(2-4-8)16(24,25)26/h1-4H,5-6H2,(H2,27,28,29,30,31). The van der Waals surface area contributed by atoms with E-state index >= 15 is 0 Å². The average Bonchev–Trinajstić information content (AvgIpc) is 2.65. The third-order valence-electron chi connectivity index (χ3n) is 3.23. The lowest BCUT2D eigenvalue weighted by atomic mass is 10.2. The van der Waals surface area contributed by atoms with E-state index in [4.69, 9.17) is 11.6 Å². The molecule has 1 aromatic heterocycles. The Hall–Kier alpha value is -3.17. The van der Waals surface area contributed by atoms with Gasteiger partial charge in [0.25, 0.3) is 0 Å². The summed E-state index contributed by atoms with van der Waals surface area (Å²) in [7, 11) is 0. The highest BCUT2D eigenvalue weighted by molar-refractivity contribution is 6.33. The molecule has 182 valence electrons. The van der Waals surface area contributed by atoms with E-state index in [1.54, 1.807) is 0 Å². The number of benzene rings is 1. The highest BCUT2D eigenvalue weighted by Crippen LogP contribution is 2.34. The minimum Gasteiger partial charge on any atom is -0.467 e. The van der Waals surface area contributed by atoms with Gasteiger partial charge < -0.3 is 14.8 Å². The fourth-order valence-electron chi connectivity index (χ4n) is 1.96. The lowest BCUT2D eigenvalue weighted by molar-refractivity contribution is -0.154. The number of alkyl halides is 9. The van der Waals surface area contributed by atoms with Crippen LogP contribution < -0.4 is 20.1 Å². The number of ether oxygens (including phenoxy) is 2. The van der Waals surface area contributed by atoms with Gasteiger partial charge >= 0.3 is 24.6 Å². The van der Waals surface area contributed by atoms with E-state index in [9.17, 15) is 44.3 Å². The number of hydrogen-bond acceptors (Lipinski definition) is 5. The van der Waals surface area contributed by atoms with Gasteiger partial charge in [0.15, 0.2) is 18.2 Å². The largest absolute Gasteiger partial charge is 0.467 e. The Morgan fingerprint density at radius 3 is 1.67 bits per heavy atom. The Morgan fingerprint density at radius 2 is 1.27 bits per heavy atom. The SMILES string of the molecule is O=C(Nc1ccc(C(F)(F)F)cc1)Nc1nc(OCC(F)(F)F)c(Cl)c(OCC(F)(F)F)n1. The van der Waals surface area contributed by atoms with Crippen LogP contribution in [0.2, 0.25) is 5.02 Å². The predicted octanol–water partition coefficient (Wildman–Crippen LogP) is 5.68. The first-order valence-corrected chi connectivity index (χ1v) is 8.63. The van der Waals surface area contributed by atoms with Crippen molar-refractivity contribution in [2.75, 3.05) is 23.8 Å². The highest BCUT2D eigenvalue weighted by Gasteiger charge is 2.32. The summed E-state index contributed by atoms with van der Waals surface area (Å²) in [5, 5.41) is 2.99. The zero-order valence-electron chi connectivity index (χ0n) is 15.6. The molecule has 17 heteroatoms. The average molecular weight is 513 g/mol. The van der Waals surface area contributed by atoms with E-state index in [-0.39, 0.29) is 5.69 Å². The quantitative estimate of drug-likeness (QED) is 0.487. The Bertz CT molecular complexity index is 940. The fourth-order valence-corrected chi connectivity index (χ4v) is 2.15. The number of amides is 2. The third-order valence-corrected chi connectivity index (χ3v) is 3.55. The number of aromatic nitrogens is 2. The molecule has 7 nitrogen and oxygen atoms in total. The van der Waals surface area contributed by atoms with Crippen molar-refractivity contribution in [3.8, 4) is 11.8 Å². The molecule has 0 saturated heterocycles. The summed E-state index contributed by atoms with van der Waals surface area (Å²) >= 11 is 5.63. The van der Waals surface area contributed by atoms with Crippen molar-refractivity contribution in [2.24, 2.45) is 0 Å². The number of carbonyl (C=O) groups is 1. The second-order valence-electron chi connectivity index (χ2n) is 5.93. The third kappa shape index (κ3) is 8.70. The maximum Gasteiger partial charge on any atom is 0.422 e. The van der Waals surface area contributed by atoms with Crippen LogP contribution in [0.1, 0.15) is 5.56 Å². The van der Waals surface area contributed by atoms with Crippen LogP contribution in [0.3, 0.4) is 0 Å². The van der Waals surface area contributed by atoms with Gasteiger partial charge in [0.1, 0.15) is 0 Å². The number of rotatable bonds is 6. The number of halogens is 10. The molecular weight excluding hydrogens is 503 g/mol. The Balaban J connectivity index is 2.21. The Labute approximate surface area is 182 Å². The Kier molecular flexibility index (Phi) is 7.72. The van der Waals surface area contributed by atoms with Gasteiger partial charge in [0.05, 0.1) is 5.56 Å². The minimum atomic E-state index is -4.87. The van der Waals surface area contributed by atoms with Crippen LogP contribution in [0.25, 0.3) is 0 Å². The van der Waals surface area contributed by atoms with E-state index in [0.29, 0.717) is 12.1 Å². The number of anilines is 2. The van der Waals surface area contributed by atoms with E-state index < -0.39 is 66.1 Å². The van der Waals surface area contributed by atoms with Crippen LogP contribution in [0.4, 0.5) is 55.9 Å². The molecule has 0 aliphatic heterocycles. The molecule has 0 radical (unpaired) electrons. The minimum absolute atomic E-state index is 0.142. The van der Waals surface area contributed by atoms with Crippen LogP contribution >= 0.6 is 11.6 Å². The molecule has 1 heterocycles. The monoisotopic (exact) mass is 512 g/mol. The molecule has 2 aromatic rings. The van der Waals surface area contributed by atoms with Crippen molar-refractivity contribution in [3.05, 3.63) is 34.9 Å². The maximum atomic E-state index is 12.6. The van der Waals surface area contributed by atoms with Gasteiger partial charge in [0.2, 0.25) is 17.7 Å². The maximum absolute atomic E-state index is 12.6. The van der Waals surface area contributed by atoms with Crippen LogP contribution in [-0.2, 0) is 6.18 Å². The molecule has 1 aromatic carbocycles. The summed E-state index contributed by atoms with van der Waals surface area (Å²) in [5.74, 6) is -2.98. The van der Waals surface area contributed by atoms with Gasteiger partial charge in [-0.25, -0.2) is 4.79 Å². The summed E-state index contributed by atoms with van der Waals surface area (Å²) in [5.41, 5.74) is -1.15. The van der Waals surface area contributed by atoms with Crippen molar-refractivity contribution in [3.63, 3.8) is 0 Å². The predicted molar refractivity (Wildman–Crippen MR) is 94.2 cm³/mol. The van der Waals surface area contributed by atoms with Crippen LogP contribution in [0, 0.1) is 0 Å². The van der Waals surface area contributed by atoms with Crippen molar-refractivity contribution in [1.29, 1.82) is 0 Å². The molecular formula is C16H10ClF9N4O3. The first kappa shape index (κ1) is 26.1. The topological polar surface area (TPSA) is 85.4 Å². The normalized spacial score (nSPS) is 12.3. The Morgan fingerprint density at radius 1 is 0.818 bits per heavy atom. The van der Waals surface area contributed by atoms with Crippen molar-refractivity contribution in [2.45, 2.75) is 18.5 Å². The summed E-state index contributed by atoms with van der Waals surface area (Å²) < 4.78 is 121. The van der Waals surface area contributed by atoms with E-state index in [1.165, 1.54) is 0 Å². The highest BCUT2D eigenvalue weighted by atomic mass is 35.5. The number of carbonyl (C=O) groups excluding carboxylic acids is 1. The molecule has 0 spiro atoms. The zero-order chi connectivity index (χ0) is 25.0. The molecule has 0 aliphatic rings. The van der Waals surface area contributed by atoms with Gasteiger partial charge in [0, 0.05) is 5.69 Å². The van der Waals surface area contributed by atoms with Gasteiger partial charge in [-0.1, -0.05) is 11.6 Å². The number of nitrogens with zero attached hydrogens (tertiary/aromatic N) is 2. The molecule has 0 unspecified atom stereocenters. The number of urea groups is 1. The smallest absolute Gasteiger partial charge is 0.422 e. The van der Waals surface area contributed by atoms with E-state index in [2.05, 4.69) is 24.8 Å². The summed E-state index contributed by atoms with van der Waals surface area (Å²) in [4.78, 5) is 18.7. The van der Waals surface area contributed by atoms with Gasteiger partial charge in [-0.3, -0.25) is 5.32 Å². The molecule has 0 aliphatic carbocycles. The molecule has 33 heavy (non-hydrogen) atoms. The van der Waals surface area contributed by atoms with Crippen LogP contribution in [0.5, 0.6) is 11.8 Å². The number of hydrogen-bond donors (Lipinski definition) is 2. The first-order valence-electron chi connectivity index (χ1n) is 8.25. The first-order chi connectivity index (χ1) is 15.0. The second-order valence-corrected chi connectivity index (χ2v) is 6.31. The summed E-state index contributed by atoms with van der Waals surface area (Å²) in [6.07, 6.45) is -14.4. The van der Waals surface area contributed by atoms with E-state index in [0.717, 1.165) is 12.1 Å². The lowest BCUT2D eigenvalue weighted by Gasteiger charge is -2.15. The molecule has 2 N–H and O–H groups in total. The second kappa shape index (κ2) is 9.76. The molecule has 0 bridgehead atoms. The van der Waals surface area contributed by atoms with Crippen LogP contribution in [0.15, 0.2) is 24.3 Å². The van der Waals surface area contributed by atoms with Crippen LogP contribution in [-0.4, -0.2) is 41.6 Å². The number of nitrogens with one attached hydrogen (secondary N) is 2. The van der Waals surface area contributed by atoms with Gasteiger partial charge in [-0.15, -0.1) is 0 Å². The van der Waals surface area contributed by atoms with Gasteiger partial charge in [-0.05, 0) is 24.3 Å². The summed E-state index contributed by atoms with van der Waals surface area (Å²) in [6.45, 7) is -3.86.